The molecule has 2 rings (SSSR count). The van der Waals surface area contributed by atoms with E-state index in [1.54, 1.807) is 10.7 Å². The number of carbonyl (C=O) groups is 1. The van der Waals surface area contributed by atoms with Gasteiger partial charge in [0.25, 0.3) is 0 Å². The van der Waals surface area contributed by atoms with Crippen LogP contribution < -0.4 is 4.74 Å². The second kappa shape index (κ2) is 5.56. The summed E-state index contributed by atoms with van der Waals surface area (Å²) in [6, 6.07) is 9.27. The maximum absolute atomic E-state index is 10.8. The number of aromatic carboxylic acids is 1. The van der Waals surface area contributed by atoms with Gasteiger partial charge in [0.1, 0.15) is 5.75 Å². The maximum atomic E-state index is 10.8. The van der Waals surface area contributed by atoms with Crippen LogP contribution in [0.2, 0.25) is 0 Å². The van der Waals surface area contributed by atoms with Crippen molar-refractivity contribution in [3.63, 3.8) is 0 Å². The Morgan fingerprint density at radius 1 is 1.37 bits per heavy atom. The molecule has 0 bridgehead atoms. The van der Waals surface area contributed by atoms with E-state index in [4.69, 9.17) is 9.84 Å². The molecule has 1 aromatic heterocycles. The molecule has 1 heterocycles. The number of carboxylic acids is 1. The third-order valence-corrected chi connectivity index (χ3v) is 2.77. The van der Waals surface area contributed by atoms with E-state index in [-0.39, 0.29) is 5.69 Å². The zero-order chi connectivity index (χ0) is 13.8. The lowest BCUT2D eigenvalue weighted by Crippen LogP contribution is -2.05. The molecule has 0 aliphatic rings. The number of aryl methyl sites for hydroxylation is 1. The zero-order valence-corrected chi connectivity index (χ0v) is 11.0. The van der Waals surface area contributed by atoms with Crippen LogP contribution in [0.3, 0.4) is 0 Å². The SMILES string of the molecule is CCOc1ccc(Cn2nc(C(=O)O)cc2C)cc1. The Kier molecular flexibility index (Phi) is 3.85. The molecule has 0 atom stereocenters. The Balaban J connectivity index is 2.14. The maximum Gasteiger partial charge on any atom is 0.356 e. The number of benzene rings is 1. The number of hydrogen-bond acceptors (Lipinski definition) is 3. The Morgan fingerprint density at radius 3 is 2.58 bits per heavy atom. The molecule has 0 aliphatic heterocycles. The van der Waals surface area contributed by atoms with Crippen LogP contribution in [0, 0.1) is 6.92 Å². The molecule has 5 nitrogen and oxygen atoms in total. The van der Waals surface area contributed by atoms with E-state index < -0.39 is 5.97 Å². The molecule has 1 aromatic carbocycles. The third kappa shape index (κ3) is 3.13. The Hall–Kier alpha value is -2.30. The largest absolute Gasteiger partial charge is 0.494 e. The molecule has 0 aliphatic carbocycles. The molecule has 0 fully saturated rings. The molecule has 19 heavy (non-hydrogen) atoms. The minimum absolute atomic E-state index is 0.0726. The predicted octanol–water partition coefficient (Wildman–Crippen LogP) is 2.34. The predicted molar refractivity (Wildman–Crippen MR) is 70.6 cm³/mol. The highest BCUT2D eigenvalue weighted by Gasteiger charge is 2.10. The number of rotatable bonds is 5. The molecule has 5 heteroatoms. The van der Waals surface area contributed by atoms with Gasteiger partial charge in [-0.1, -0.05) is 12.1 Å². The van der Waals surface area contributed by atoms with Crippen LogP contribution in [0.5, 0.6) is 5.75 Å². The van der Waals surface area contributed by atoms with E-state index in [2.05, 4.69) is 5.10 Å². The lowest BCUT2D eigenvalue weighted by molar-refractivity contribution is 0.0689. The second-order valence-electron chi connectivity index (χ2n) is 4.21. The minimum atomic E-state index is -1.01. The van der Waals surface area contributed by atoms with Gasteiger partial charge in [0.15, 0.2) is 5.69 Å². The molecule has 0 amide bonds. The number of nitrogens with zero attached hydrogens (tertiary/aromatic N) is 2. The first-order valence-electron chi connectivity index (χ1n) is 6.09. The number of aromatic nitrogens is 2. The molecule has 0 radical (unpaired) electrons. The van der Waals surface area contributed by atoms with E-state index in [9.17, 15) is 4.79 Å². The molecule has 1 N–H and O–H groups in total. The summed E-state index contributed by atoms with van der Waals surface area (Å²) in [4.78, 5) is 10.8. The standard InChI is InChI=1S/C14H16N2O3/c1-3-19-12-6-4-11(5-7-12)9-16-10(2)8-13(15-16)14(17)18/h4-8H,3,9H2,1-2H3,(H,17,18). The van der Waals surface area contributed by atoms with Crippen molar-refractivity contribution < 1.29 is 14.6 Å². The number of carboxylic acid groups (broad SMARTS) is 1. The van der Waals surface area contributed by atoms with E-state index in [1.807, 2.05) is 38.1 Å². The van der Waals surface area contributed by atoms with Gasteiger partial charge in [-0.25, -0.2) is 4.79 Å². The molecule has 0 saturated heterocycles. The van der Waals surface area contributed by atoms with E-state index >= 15 is 0 Å². The summed E-state index contributed by atoms with van der Waals surface area (Å²) in [5, 5.41) is 12.9. The number of ether oxygens (including phenoxy) is 1. The van der Waals surface area contributed by atoms with Crippen molar-refractivity contribution in [3.8, 4) is 5.75 Å². The van der Waals surface area contributed by atoms with Gasteiger partial charge in [-0.05, 0) is 37.6 Å². The average Bonchev–Trinajstić information content (AvgIpc) is 2.74. The van der Waals surface area contributed by atoms with Crippen molar-refractivity contribution >= 4 is 5.97 Å². The van der Waals surface area contributed by atoms with Crippen LogP contribution in [0.25, 0.3) is 0 Å². The monoisotopic (exact) mass is 260 g/mol. The average molecular weight is 260 g/mol. The van der Waals surface area contributed by atoms with E-state index in [0.29, 0.717) is 13.2 Å². The molecule has 2 aromatic rings. The summed E-state index contributed by atoms with van der Waals surface area (Å²) in [6.45, 7) is 4.97. The second-order valence-corrected chi connectivity index (χ2v) is 4.21. The highest BCUT2D eigenvalue weighted by atomic mass is 16.5. The van der Waals surface area contributed by atoms with Crippen LogP contribution in [0.4, 0.5) is 0 Å². The van der Waals surface area contributed by atoms with Gasteiger partial charge in [-0.3, -0.25) is 4.68 Å². The van der Waals surface area contributed by atoms with E-state index in [0.717, 1.165) is 17.0 Å². The van der Waals surface area contributed by atoms with Gasteiger partial charge >= 0.3 is 5.97 Å². The van der Waals surface area contributed by atoms with Gasteiger partial charge in [-0.15, -0.1) is 0 Å². The van der Waals surface area contributed by atoms with Crippen LogP contribution in [0.15, 0.2) is 30.3 Å². The Labute approximate surface area is 111 Å². The molecular weight excluding hydrogens is 244 g/mol. The van der Waals surface area contributed by atoms with Gasteiger partial charge in [0, 0.05) is 5.69 Å². The fraction of sp³-hybridized carbons (Fsp3) is 0.286. The molecule has 0 spiro atoms. The summed E-state index contributed by atoms with van der Waals surface area (Å²) in [5.41, 5.74) is 1.95. The third-order valence-electron chi connectivity index (χ3n) is 2.77. The van der Waals surface area contributed by atoms with Crippen LogP contribution in [-0.2, 0) is 6.54 Å². The van der Waals surface area contributed by atoms with Crippen molar-refractivity contribution in [2.24, 2.45) is 0 Å². The highest BCUT2D eigenvalue weighted by molar-refractivity contribution is 5.85. The Morgan fingerprint density at radius 2 is 2.05 bits per heavy atom. The Bertz CT molecular complexity index is 573. The van der Waals surface area contributed by atoms with Crippen molar-refractivity contribution in [1.82, 2.24) is 9.78 Å². The number of hydrogen-bond donors (Lipinski definition) is 1. The lowest BCUT2D eigenvalue weighted by Gasteiger charge is -2.06. The molecular formula is C14H16N2O3. The summed E-state index contributed by atoms with van der Waals surface area (Å²) < 4.78 is 7.05. The smallest absolute Gasteiger partial charge is 0.356 e. The van der Waals surface area contributed by atoms with Gasteiger partial charge in [0.2, 0.25) is 0 Å². The first-order valence-corrected chi connectivity index (χ1v) is 6.09. The minimum Gasteiger partial charge on any atom is -0.494 e. The quantitative estimate of drug-likeness (QED) is 0.896. The fourth-order valence-electron chi connectivity index (χ4n) is 1.81. The molecule has 100 valence electrons. The fourth-order valence-corrected chi connectivity index (χ4v) is 1.81. The van der Waals surface area contributed by atoms with Crippen molar-refractivity contribution in [1.29, 1.82) is 0 Å². The van der Waals surface area contributed by atoms with Crippen molar-refractivity contribution in [3.05, 3.63) is 47.3 Å². The summed E-state index contributed by atoms with van der Waals surface area (Å²) in [5.74, 6) is -0.178. The van der Waals surface area contributed by atoms with E-state index in [1.165, 1.54) is 0 Å². The topological polar surface area (TPSA) is 64.4 Å². The first kappa shape index (κ1) is 13.1. The van der Waals surface area contributed by atoms with Crippen LogP contribution in [-0.4, -0.2) is 27.5 Å². The summed E-state index contributed by atoms with van der Waals surface area (Å²) in [6.07, 6.45) is 0. The van der Waals surface area contributed by atoms with Crippen molar-refractivity contribution in [2.75, 3.05) is 6.61 Å². The zero-order valence-electron chi connectivity index (χ0n) is 11.0. The lowest BCUT2D eigenvalue weighted by atomic mass is 10.2. The molecule has 0 saturated carbocycles. The van der Waals surface area contributed by atoms with Gasteiger partial charge in [0.05, 0.1) is 13.2 Å². The highest BCUT2D eigenvalue weighted by Crippen LogP contribution is 2.14. The van der Waals surface area contributed by atoms with Gasteiger partial charge in [-0.2, -0.15) is 5.10 Å². The van der Waals surface area contributed by atoms with Gasteiger partial charge < -0.3 is 9.84 Å². The normalized spacial score (nSPS) is 10.4. The summed E-state index contributed by atoms with van der Waals surface area (Å²) in [7, 11) is 0. The first-order chi connectivity index (χ1) is 9.10. The summed E-state index contributed by atoms with van der Waals surface area (Å²) >= 11 is 0. The van der Waals surface area contributed by atoms with Crippen molar-refractivity contribution in [2.45, 2.75) is 20.4 Å². The van der Waals surface area contributed by atoms with Crippen LogP contribution >= 0.6 is 0 Å². The molecule has 0 unspecified atom stereocenters. The van der Waals surface area contributed by atoms with Crippen LogP contribution in [0.1, 0.15) is 28.7 Å².